The summed E-state index contributed by atoms with van der Waals surface area (Å²) in [5.74, 6) is 1.70. The predicted molar refractivity (Wildman–Crippen MR) is 204 cm³/mol. The Bertz CT molecular complexity index is 1320. The minimum atomic E-state index is -0.880. The molecule has 2 aromatic carbocycles. The largest absolute Gasteiger partial charge is 0.496 e. The van der Waals surface area contributed by atoms with Gasteiger partial charge in [0.25, 0.3) is 0 Å². The minimum Gasteiger partial charge on any atom is -0.496 e. The Labute approximate surface area is 306 Å². The summed E-state index contributed by atoms with van der Waals surface area (Å²) >= 11 is 7.29. The summed E-state index contributed by atoms with van der Waals surface area (Å²) in [7, 11) is 3.35. The van der Waals surface area contributed by atoms with Gasteiger partial charge in [-0.2, -0.15) is 0 Å². The number of hydrogen-bond donors (Lipinski definition) is 2. The van der Waals surface area contributed by atoms with Gasteiger partial charge < -0.3 is 29.5 Å². The fraction of sp³-hybridized carbons (Fsp3) is 0.632. The molecule has 2 atom stereocenters. The standard InChI is InChI=1S/2C19H30BrNO3/c1-7-9-13-12-17(23-6)14(11-16(13)20)10-15(8-2)21-18(22)24-19(3,4)5;1-7-9-13-12-17(24-6)14(11-16(13)20)10-15(8-2)21(18(22)23)19(3,4)5/h11-12,15H,7-10H2,1-6H3,(H,21,22);11-12,15H,7-10H2,1-6H3,(H,22,23). The summed E-state index contributed by atoms with van der Waals surface area (Å²) in [4.78, 5) is 25.3. The maximum Gasteiger partial charge on any atom is 0.407 e. The van der Waals surface area contributed by atoms with E-state index in [1.54, 1.807) is 19.1 Å². The highest BCUT2D eigenvalue weighted by atomic mass is 79.9. The fourth-order valence-electron chi connectivity index (χ4n) is 5.59. The number of aryl methyl sites for hydroxylation is 2. The molecule has 272 valence electrons. The molecule has 2 aromatic rings. The number of amides is 2. The highest BCUT2D eigenvalue weighted by molar-refractivity contribution is 9.10. The molecule has 2 N–H and O–H groups in total. The van der Waals surface area contributed by atoms with Gasteiger partial charge >= 0.3 is 12.2 Å². The zero-order valence-corrected chi connectivity index (χ0v) is 34.5. The van der Waals surface area contributed by atoms with Crippen molar-refractivity contribution in [2.75, 3.05) is 14.2 Å². The lowest BCUT2D eigenvalue weighted by molar-refractivity contribution is 0.0502. The van der Waals surface area contributed by atoms with Crippen LogP contribution in [-0.4, -0.2) is 59.6 Å². The molecule has 2 rings (SSSR count). The summed E-state index contributed by atoms with van der Waals surface area (Å²) < 4.78 is 18.6. The second-order valence-electron chi connectivity index (χ2n) is 14.1. The van der Waals surface area contributed by atoms with Crippen LogP contribution in [0.2, 0.25) is 0 Å². The van der Waals surface area contributed by atoms with Crippen molar-refractivity contribution in [3.63, 3.8) is 0 Å². The van der Waals surface area contributed by atoms with Crippen molar-refractivity contribution >= 4 is 44.0 Å². The lowest BCUT2D eigenvalue weighted by atomic mass is 9.95. The van der Waals surface area contributed by atoms with Crippen LogP contribution < -0.4 is 14.8 Å². The van der Waals surface area contributed by atoms with E-state index in [9.17, 15) is 14.7 Å². The molecule has 0 fully saturated rings. The molecular formula is C38H60Br2N2O6. The Morgan fingerprint density at radius 3 is 1.56 bits per heavy atom. The smallest absolute Gasteiger partial charge is 0.407 e. The number of hydrogen-bond acceptors (Lipinski definition) is 5. The molecule has 48 heavy (non-hydrogen) atoms. The number of carbonyl (C=O) groups excluding carboxylic acids is 1. The van der Waals surface area contributed by atoms with E-state index in [2.05, 4.69) is 82.2 Å². The number of carboxylic acid groups (broad SMARTS) is 1. The molecule has 0 bridgehead atoms. The molecule has 0 aliphatic rings. The van der Waals surface area contributed by atoms with Crippen molar-refractivity contribution in [2.45, 2.75) is 144 Å². The number of methoxy groups -OCH3 is 2. The first-order valence-electron chi connectivity index (χ1n) is 17.1. The average Bonchev–Trinajstić information content (AvgIpc) is 2.97. The van der Waals surface area contributed by atoms with Crippen LogP contribution in [-0.2, 0) is 30.4 Å². The van der Waals surface area contributed by atoms with E-state index in [1.807, 2.05) is 48.5 Å². The van der Waals surface area contributed by atoms with Crippen LogP contribution >= 0.6 is 31.9 Å². The van der Waals surface area contributed by atoms with Crippen LogP contribution in [0.15, 0.2) is 33.2 Å². The zero-order valence-electron chi connectivity index (χ0n) is 31.3. The van der Waals surface area contributed by atoms with Gasteiger partial charge in [0.2, 0.25) is 0 Å². The molecule has 0 aliphatic carbocycles. The SMILES string of the molecule is CCCc1cc(OC)c(CC(CC)N(C(=O)O)C(C)(C)C)cc1Br.CCCc1cc(OC)c(CC(CC)NC(=O)OC(C)(C)C)cc1Br. The topological polar surface area (TPSA) is 97.3 Å². The number of nitrogens with one attached hydrogen (secondary N) is 1. The Balaban J connectivity index is 0.000000480. The Kier molecular flexibility index (Phi) is 18.4. The van der Waals surface area contributed by atoms with E-state index in [1.165, 1.54) is 11.1 Å². The monoisotopic (exact) mass is 798 g/mol. The van der Waals surface area contributed by atoms with Gasteiger partial charge in [0.15, 0.2) is 0 Å². The van der Waals surface area contributed by atoms with Gasteiger partial charge in [-0.3, -0.25) is 0 Å². The van der Waals surface area contributed by atoms with Gasteiger partial charge in [-0.05, 0) is 127 Å². The van der Waals surface area contributed by atoms with Gasteiger partial charge in [-0.15, -0.1) is 0 Å². The normalized spacial score (nSPS) is 12.7. The molecule has 10 heteroatoms. The molecule has 0 saturated heterocycles. The number of alkyl carbamates (subject to hydrolysis) is 1. The molecule has 0 heterocycles. The molecule has 2 unspecified atom stereocenters. The van der Waals surface area contributed by atoms with E-state index in [-0.39, 0.29) is 18.2 Å². The summed E-state index contributed by atoms with van der Waals surface area (Å²) in [6.07, 6.45) is 5.78. The van der Waals surface area contributed by atoms with Gasteiger partial charge in [0.05, 0.1) is 14.2 Å². The predicted octanol–water partition coefficient (Wildman–Crippen LogP) is 10.8. The number of ether oxygens (including phenoxy) is 3. The van der Waals surface area contributed by atoms with Gasteiger partial charge in [0.1, 0.15) is 17.1 Å². The lowest BCUT2D eigenvalue weighted by Gasteiger charge is -2.39. The highest BCUT2D eigenvalue weighted by Gasteiger charge is 2.33. The van der Waals surface area contributed by atoms with Crippen LogP contribution in [0.1, 0.15) is 117 Å². The van der Waals surface area contributed by atoms with Crippen molar-refractivity contribution in [1.82, 2.24) is 10.2 Å². The third-order valence-electron chi connectivity index (χ3n) is 7.84. The molecule has 2 amide bonds. The minimum absolute atomic E-state index is 0.00215. The van der Waals surface area contributed by atoms with Crippen molar-refractivity contribution in [1.29, 1.82) is 0 Å². The number of rotatable bonds is 14. The first-order chi connectivity index (χ1) is 22.3. The van der Waals surface area contributed by atoms with E-state index in [0.29, 0.717) is 12.8 Å². The summed E-state index contributed by atoms with van der Waals surface area (Å²) in [6.45, 7) is 19.8. The molecule has 0 aliphatic heterocycles. The molecular weight excluding hydrogens is 740 g/mol. The average molecular weight is 801 g/mol. The first kappa shape index (κ1) is 43.6. The van der Waals surface area contributed by atoms with Gasteiger partial charge in [-0.25, -0.2) is 9.59 Å². The fourth-order valence-corrected chi connectivity index (χ4v) is 6.77. The van der Waals surface area contributed by atoms with Crippen LogP contribution in [0.4, 0.5) is 9.59 Å². The quantitative estimate of drug-likeness (QED) is 0.198. The zero-order chi connectivity index (χ0) is 36.8. The number of benzene rings is 2. The number of carbonyl (C=O) groups is 2. The van der Waals surface area contributed by atoms with Gasteiger partial charge in [-0.1, -0.05) is 72.4 Å². The molecule has 8 nitrogen and oxygen atoms in total. The molecule has 0 saturated carbocycles. The second-order valence-corrected chi connectivity index (χ2v) is 15.8. The van der Waals surface area contributed by atoms with Crippen LogP contribution in [0.3, 0.4) is 0 Å². The van der Waals surface area contributed by atoms with E-state index >= 15 is 0 Å². The second kappa shape index (κ2) is 20.3. The van der Waals surface area contributed by atoms with E-state index in [4.69, 9.17) is 14.2 Å². The van der Waals surface area contributed by atoms with Crippen LogP contribution in [0, 0.1) is 0 Å². The Hall–Kier alpha value is -2.46. The van der Waals surface area contributed by atoms with Crippen molar-refractivity contribution in [3.05, 3.63) is 55.5 Å². The molecule has 0 spiro atoms. The van der Waals surface area contributed by atoms with Crippen LogP contribution in [0.5, 0.6) is 11.5 Å². The summed E-state index contributed by atoms with van der Waals surface area (Å²) in [5, 5.41) is 12.6. The van der Waals surface area contributed by atoms with E-state index < -0.39 is 17.2 Å². The van der Waals surface area contributed by atoms with Crippen molar-refractivity contribution in [2.24, 2.45) is 0 Å². The molecule has 0 radical (unpaired) electrons. The third-order valence-corrected chi connectivity index (χ3v) is 9.31. The van der Waals surface area contributed by atoms with Crippen molar-refractivity contribution < 1.29 is 28.9 Å². The van der Waals surface area contributed by atoms with Crippen LogP contribution in [0.25, 0.3) is 0 Å². The Morgan fingerprint density at radius 1 is 0.771 bits per heavy atom. The van der Waals surface area contributed by atoms with Crippen molar-refractivity contribution in [3.8, 4) is 11.5 Å². The summed E-state index contributed by atoms with van der Waals surface area (Å²) in [6, 6.07) is 8.23. The van der Waals surface area contributed by atoms with E-state index in [0.717, 1.165) is 70.1 Å². The lowest BCUT2D eigenvalue weighted by Crippen LogP contribution is -2.51. The summed E-state index contributed by atoms with van der Waals surface area (Å²) in [5.41, 5.74) is 3.63. The third kappa shape index (κ3) is 14.2. The number of nitrogens with zero attached hydrogens (tertiary/aromatic N) is 1. The van der Waals surface area contributed by atoms with Gasteiger partial charge in [0, 0.05) is 26.6 Å². The highest BCUT2D eigenvalue weighted by Crippen LogP contribution is 2.32. The number of halogens is 2. The first-order valence-corrected chi connectivity index (χ1v) is 18.7. The maximum absolute atomic E-state index is 12.0. The molecule has 0 aromatic heterocycles. The Morgan fingerprint density at radius 2 is 1.23 bits per heavy atom. The maximum atomic E-state index is 12.0.